The van der Waals surface area contributed by atoms with Crippen LogP contribution in [0.25, 0.3) is 0 Å². The van der Waals surface area contributed by atoms with Crippen LogP contribution in [0.4, 0.5) is 10.2 Å². The minimum Gasteiger partial charge on any atom is -0.459 e. The number of aromatic nitrogens is 2. The molecule has 1 saturated heterocycles. The lowest BCUT2D eigenvalue weighted by molar-refractivity contribution is -0.0648. The number of hydrogen-bond acceptors (Lipinski definition) is 8. The summed E-state index contributed by atoms with van der Waals surface area (Å²) in [6.07, 6.45) is -3.23. The van der Waals surface area contributed by atoms with Gasteiger partial charge in [-0.1, -0.05) is 54.6 Å². The number of carbonyl (C=O) groups is 3. The Balaban J connectivity index is 1.39. The van der Waals surface area contributed by atoms with Crippen molar-refractivity contribution in [2.75, 3.05) is 11.9 Å². The standard InChI is InChI=1S/C31H26FN3O7/c1-31(32)25(42-28(38)22-15-9-4-10-16-22)23(19-40-27(37)21-13-7-3-8-14-21)41-29(31)35-18-17-24(34-30(35)39)33-26(36)20-11-5-2-6-12-20/h2-18,23,25,29H,19H2,1H3,(H,33,34,36,39)/t23-,25-,29+,31-/m1/s1. The van der Waals surface area contributed by atoms with E-state index in [1.165, 1.54) is 24.4 Å². The molecular weight excluding hydrogens is 545 g/mol. The van der Waals surface area contributed by atoms with Crippen molar-refractivity contribution in [3.63, 3.8) is 0 Å². The van der Waals surface area contributed by atoms with Crippen molar-refractivity contribution in [1.82, 2.24) is 9.55 Å². The molecule has 1 aliphatic heterocycles. The molecule has 2 heterocycles. The number of esters is 2. The smallest absolute Gasteiger partial charge is 0.351 e. The van der Waals surface area contributed by atoms with Crippen LogP contribution in [0.2, 0.25) is 0 Å². The molecule has 0 radical (unpaired) electrons. The first-order chi connectivity index (χ1) is 20.2. The van der Waals surface area contributed by atoms with Crippen LogP contribution in [0.5, 0.6) is 0 Å². The number of hydrogen-bond donors (Lipinski definition) is 1. The highest BCUT2D eigenvalue weighted by atomic mass is 19.1. The van der Waals surface area contributed by atoms with Gasteiger partial charge in [0.2, 0.25) is 0 Å². The number of ether oxygens (including phenoxy) is 3. The van der Waals surface area contributed by atoms with Crippen molar-refractivity contribution in [1.29, 1.82) is 0 Å². The van der Waals surface area contributed by atoms with Gasteiger partial charge in [0.15, 0.2) is 18.0 Å². The van der Waals surface area contributed by atoms with Gasteiger partial charge in [-0.15, -0.1) is 0 Å². The molecule has 1 amide bonds. The molecule has 0 unspecified atom stereocenters. The number of alkyl halides is 1. The average Bonchev–Trinajstić information content (AvgIpc) is 3.25. The number of nitrogens with zero attached hydrogens (tertiary/aromatic N) is 2. The van der Waals surface area contributed by atoms with Crippen LogP contribution in [-0.4, -0.2) is 51.9 Å². The fraction of sp³-hybridized carbons (Fsp3) is 0.194. The Hall–Kier alpha value is -5.16. The van der Waals surface area contributed by atoms with Gasteiger partial charge in [-0.2, -0.15) is 4.98 Å². The Morgan fingerprint density at radius 1 is 0.881 bits per heavy atom. The molecule has 3 aromatic carbocycles. The Morgan fingerprint density at radius 3 is 2.00 bits per heavy atom. The minimum atomic E-state index is -2.46. The zero-order valence-electron chi connectivity index (χ0n) is 22.4. The summed E-state index contributed by atoms with van der Waals surface area (Å²) in [4.78, 5) is 54.8. The molecule has 4 aromatic rings. The highest BCUT2D eigenvalue weighted by molar-refractivity contribution is 6.03. The molecule has 1 aromatic heterocycles. The number of halogens is 1. The van der Waals surface area contributed by atoms with Crippen LogP contribution < -0.4 is 11.0 Å². The second-order valence-electron chi connectivity index (χ2n) is 9.66. The van der Waals surface area contributed by atoms with Crippen LogP contribution in [0.1, 0.15) is 44.2 Å². The molecule has 0 bridgehead atoms. The molecule has 214 valence electrons. The average molecular weight is 572 g/mol. The highest BCUT2D eigenvalue weighted by Gasteiger charge is 2.58. The summed E-state index contributed by atoms with van der Waals surface area (Å²) >= 11 is 0. The largest absolute Gasteiger partial charge is 0.459 e. The van der Waals surface area contributed by atoms with E-state index in [1.807, 2.05) is 0 Å². The Morgan fingerprint density at radius 2 is 1.43 bits per heavy atom. The van der Waals surface area contributed by atoms with Gasteiger partial charge in [-0.05, 0) is 49.4 Å². The third kappa shape index (κ3) is 6.11. The molecular formula is C31H26FN3O7. The molecule has 1 N–H and O–H groups in total. The monoisotopic (exact) mass is 571 g/mol. The summed E-state index contributed by atoms with van der Waals surface area (Å²) in [5, 5.41) is 2.52. The van der Waals surface area contributed by atoms with E-state index in [4.69, 9.17) is 14.2 Å². The van der Waals surface area contributed by atoms with Crippen molar-refractivity contribution in [2.24, 2.45) is 0 Å². The van der Waals surface area contributed by atoms with Gasteiger partial charge in [0.25, 0.3) is 5.91 Å². The number of rotatable bonds is 8. The lowest BCUT2D eigenvalue weighted by Gasteiger charge is -2.27. The number of benzene rings is 3. The van der Waals surface area contributed by atoms with Crippen molar-refractivity contribution in [3.8, 4) is 0 Å². The summed E-state index contributed by atoms with van der Waals surface area (Å²) in [6, 6.07) is 25.8. The fourth-order valence-electron chi connectivity index (χ4n) is 4.54. The summed E-state index contributed by atoms with van der Waals surface area (Å²) in [7, 11) is 0. The van der Waals surface area contributed by atoms with E-state index in [0.29, 0.717) is 5.56 Å². The third-order valence-corrected chi connectivity index (χ3v) is 6.67. The molecule has 4 atom stereocenters. The molecule has 1 aliphatic rings. The third-order valence-electron chi connectivity index (χ3n) is 6.67. The Bertz CT molecular complexity index is 1630. The number of anilines is 1. The SMILES string of the molecule is C[C@@]1(F)[C@H](OC(=O)c2ccccc2)[C@@H](COC(=O)c2ccccc2)O[C@@H]1n1ccc(NC(=O)c2ccccc2)nc1=O. The highest BCUT2D eigenvalue weighted by Crippen LogP contribution is 2.43. The van der Waals surface area contributed by atoms with Gasteiger partial charge in [-0.25, -0.2) is 18.8 Å². The Labute approximate surface area is 239 Å². The van der Waals surface area contributed by atoms with E-state index in [2.05, 4.69) is 10.3 Å². The van der Waals surface area contributed by atoms with Gasteiger partial charge < -0.3 is 19.5 Å². The van der Waals surface area contributed by atoms with Crippen molar-refractivity contribution in [3.05, 3.63) is 130 Å². The van der Waals surface area contributed by atoms with Gasteiger partial charge in [0.1, 0.15) is 18.5 Å². The van der Waals surface area contributed by atoms with Crippen LogP contribution >= 0.6 is 0 Å². The first-order valence-corrected chi connectivity index (χ1v) is 13.0. The predicted octanol–water partition coefficient (Wildman–Crippen LogP) is 4.20. The molecule has 0 spiro atoms. The van der Waals surface area contributed by atoms with Gasteiger partial charge in [-0.3, -0.25) is 9.36 Å². The molecule has 42 heavy (non-hydrogen) atoms. The quantitative estimate of drug-likeness (QED) is 0.312. The van der Waals surface area contributed by atoms with Crippen LogP contribution in [0, 0.1) is 0 Å². The van der Waals surface area contributed by atoms with E-state index in [9.17, 15) is 19.2 Å². The molecule has 1 fully saturated rings. The molecule has 0 aliphatic carbocycles. The summed E-state index contributed by atoms with van der Waals surface area (Å²) in [6.45, 7) is 0.654. The lowest BCUT2D eigenvalue weighted by Crippen LogP contribution is -2.45. The molecule has 10 nitrogen and oxygen atoms in total. The topological polar surface area (TPSA) is 126 Å². The van der Waals surface area contributed by atoms with Gasteiger partial charge >= 0.3 is 17.6 Å². The summed E-state index contributed by atoms with van der Waals surface area (Å²) in [5.41, 5.74) is -2.59. The first kappa shape index (κ1) is 28.4. The van der Waals surface area contributed by atoms with E-state index in [1.54, 1.807) is 78.9 Å². The summed E-state index contributed by atoms with van der Waals surface area (Å²) < 4.78 is 34.2. The minimum absolute atomic E-state index is 0.0518. The van der Waals surface area contributed by atoms with E-state index < -0.39 is 54.2 Å². The maximum atomic E-state index is 16.5. The maximum Gasteiger partial charge on any atom is 0.351 e. The first-order valence-electron chi connectivity index (χ1n) is 13.0. The van der Waals surface area contributed by atoms with E-state index in [0.717, 1.165) is 11.5 Å². The Kier molecular flexibility index (Phi) is 8.21. The second kappa shape index (κ2) is 12.1. The molecule has 5 rings (SSSR count). The molecule has 0 saturated carbocycles. The van der Waals surface area contributed by atoms with Crippen LogP contribution in [0.3, 0.4) is 0 Å². The van der Waals surface area contributed by atoms with E-state index >= 15 is 4.39 Å². The normalized spacial score (nSPS) is 21.3. The van der Waals surface area contributed by atoms with Gasteiger partial charge in [0, 0.05) is 11.8 Å². The predicted molar refractivity (Wildman–Crippen MR) is 149 cm³/mol. The number of amides is 1. The number of carbonyl (C=O) groups excluding carboxylic acids is 3. The van der Waals surface area contributed by atoms with Gasteiger partial charge in [0.05, 0.1) is 11.1 Å². The molecule has 11 heteroatoms. The van der Waals surface area contributed by atoms with Crippen molar-refractivity contribution >= 4 is 23.7 Å². The lowest BCUT2D eigenvalue weighted by atomic mass is 9.98. The van der Waals surface area contributed by atoms with Crippen molar-refractivity contribution < 1.29 is 33.0 Å². The van der Waals surface area contributed by atoms with Crippen molar-refractivity contribution in [2.45, 2.75) is 31.0 Å². The zero-order valence-corrected chi connectivity index (χ0v) is 22.4. The fourth-order valence-corrected chi connectivity index (χ4v) is 4.54. The summed E-state index contributed by atoms with van der Waals surface area (Å²) in [5.74, 6) is -2.05. The maximum absolute atomic E-state index is 16.5. The second-order valence-corrected chi connectivity index (χ2v) is 9.66. The van der Waals surface area contributed by atoms with Crippen LogP contribution in [0.15, 0.2) is 108 Å². The zero-order chi connectivity index (χ0) is 29.7. The van der Waals surface area contributed by atoms with Crippen LogP contribution in [-0.2, 0) is 14.2 Å². The van der Waals surface area contributed by atoms with E-state index in [-0.39, 0.29) is 16.9 Å². The number of nitrogens with one attached hydrogen (secondary N) is 1.